The Kier molecular flexibility index (Phi) is 7.74. The Morgan fingerprint density at radius 3 is 2.54 bits per heavy atom. The number of benzene rings is 2. The van der Waals surface area contributed by atoms with Crippen LogP contribution in [0.3, 0.4) is 0 Å². The van der Waals surface area contributed by atoms with Crippen molar-refractivity contribution < 1.29 is 23.9 Å². The first-order valence-corrected chi connectivity index (χ1v) is 15.0. The SMILES string of the molecule is CCOc1ccccc1CN1C(=O)[C@@H]2C(C(=O)Nc3cc(Cl)cc(Cl)c3)[C@@H]3C=CC2(O3)C1C(=O)NC1CCCCC1. The van der Waals surface area contributed by atoms with Gasteiger partial charge >= 0.3 is 0 Å². The molecule has 3 unspecified atom stereocenters. The van der Waals surface area contributed by atoms with Crippen LogP contribution in [0, 0.1) is 11.8 Å². The third-order valence-electron chi connectivity index (χ3n) is 8.62. The number of halogens is 2. The highest BCUT2D eigenvalue weighted by atomic mass is 35.5. The highest BCUT2D eigenvalue weighted by Gasteiger charge is 2.72. The second-order valence-corrected chi connectivity index (χ2v) is 12.1. The normalized spacial score (nSPS) is 28.6. The van der Waals surface area contributed by atoms with E-state index in [-0.39, 0.29) is 30.3 Å². The molecule has 3 heterocycles. The van der Waals surface area contributed by atoms with E-state index < -0.39 is 29.6 Å². The predicted molar refractivity (Wildman–Crippen MR) is 156 cm³/mol. The van der Waals surface area contributed by atoms with Crippen LogP contribution in [-0.2, 0) is 25.7 Å². The summed E-state index contributed by atoms with van der Waals surface area (Å²) < 4.78 is 12.3. The number of amides is 3. The second-order valence-electron chi connectivity index (χ2n) is 11.2. The zero-order chi connectivity index (χ0) is 28.7. The second kappa shape index (κ2) is 11.3. The molecule has 0 aromatic heterocycles. The summed E-state index contributed by atoms with van der Waals surface area (Å²) >= 11 is 12.3. The maximum absolute atomic E-state index is 14.3. The minimum absolute atomic E-state index is 0.0496. The lowest BCUT2D eigenvalue weighted by atomic mass is 9.74. The fourth-order valence-corrected chi connectivity index (χ4v) is 7.46. The van der Waals surface area contributed by atoms with Crippen molar-refractivity contribution in [2.24, 2.45) is 11.8 Å². The number of carbonyl (C=O) groups excluding carboxylic acids is 3. The van der Waals surface area contributed by atoms with Gasteiger partial charge in [-0.1, -0.05) is 72.8 Å². The van der Waals surface area contributed by atoms with Gasteiger partial charge in [0.2, 0.25) is 17.7 Å². The number of nitrogens with one attached hydrogen (secondary N) is 2. The lowest BCUT2D eigenvalue weighted by Crippen LogP contribution is -2.56. The molecule has 3 amide bonds. The summed E-state index contributed by atoms with van der Waals surface area (Å²) in [4.78, 5) is 43.6. The summed E-state index contributed by atoms with van der Waals surface area (Å²) in [6.07, 6.45) is 8.07. The molecule has 216 valence electrons. The standard InChI is InChI=1S/C31H33Cl2N3O5/c1-2-40-23-11-7-6-8-18(23)17-36-27(29(38)34-21-9-4-3-5-10-21)31-13-12-24(41-31)25(26(31)30(36)39)28(37)35-22-15-19(32)14-20(33)16-22/h6-8,11-16,21,24-27H,2-5,9-10,17H2,1H3,(H,34,38)(H,35,37)/t24-,25?,26-,27?,31?/m0/s1. The Balaban J connectivity index is 1.34. The van der Waals surface area contributed by atoms with Gasteiger partial charge in [-0.25, -0.2) is 0 Å². The van der Waals surface area contributed by atoms with Crippen molar-refractivity contribution in [2.75, 3.05) is 11.9 Å². The maximum Gasteiger partial charge on any atom is 0.246 e. The number of hydrogen-bond acceptors (Lipinski definition) is 5. The summed E-state index contributed by atoms with van der Waals surface area (Å²) in [6.45, 7) is 2.51. The maximum atomic E-state index is 14.3. The van der Waals surface area contributed by atoms with E-state index in [4.69, 9.17) is 32.7 Å². The highest BCUT2D eigenvalue weighted by Crippen LogP contribution is 2.55. The minimum Gasteiger partial charge on any atom is -0.494 e. The molecule has 2 saturated heterocycles. The molecular weight excluding hydrogens is 565 g/mol. The first kappa shape index (κ1) is 28.1. The first-order valence-electron chi connectivity index (χ1n) is 14.3. The molecule has 2 bridgehead atoms. The summed E-state index contributed by atoms with van der Waals surface area (Å²) in [5.41, 5.74) is -0.0508. The average molecular weight is 599 g/mol. The van der Waals surface area contributed by atoms with Gasteiger partial charge in [-0.15, -0.1) is 0 Å². The number of fused-ring (bicyclic) bond motifs is 1. The number of nitrogens with zero attached hydrogens (tertiary/aromatic N) is 1. The zero-order valence-electron chi connectivity index (χ0n) is 22.8. The average Bonchev–Trinajstić information content (AvgIpc) is 3.57. The van der Waals surface area contributed by atoms with Gasteiger partial charge in [-0.2, -0.15) is 0 Å². The molecule has 41 heavy (non-hydrogen) atoms. The smallest absolute Gasteiger partial charge is 0.246 e. The molecule has 0 radical (unpaired) electrons. The molecule has 8 nitrogen and oxygen atoms in total. The van der Waals surface area contributed by atoms with Crippen molar-refractivity contribution in [1.29, 1.82) is 0 Å². The lowest BCUT2D eigenvalue weighted by molar-refractivity contribution is -0.142. The summed E-state index contributed by atoms with van der Waals surface area (Å²) in [7, 11) is 0. The predicted octanol–water partition coefficient (Wildman–Crippen LogP) is 5.13. The van der Waals surface area contributed by atoms with E-state index >= 15 is 0 Å². The molecule has 4 aliphatic rings. The van der Waals surface area contributed by atoms with Crippen LogP contribution in [0.15, 0.2) is 54.6 Å². The van der Waals surface area contributed by atoms with Crippen LogP contribution in [0.1, 0.15) is 44.6 Å². The van der Waals surface area contributed by atoms with E-state index in [0.29, 0.717) is 28.1 Å². The van der Waals surface area contributed by atoms with Crippen molar-refractivity contribution in [2.45, 2.75) is 69.4 Å². The number of carbonyl (C=O) groups is 3. The molecular formula is C31H33Cl2N3O5. The molecule has 10 heteroatoms. The van der Waals surface area contributed by atoms with Gasteiger partial charge in [0.05, 0.1) is 31.1 Å². The van der Waals surface area contributed by atoms with E-state index in [9.17, 15) is 14.4 Å². The van der Waals surface area contributed by atoms with Crippen molar-refractivity contribution in [3.63, 3.8) is 0 Å². The van der Waals surface area contributed by atoms with Gasteiger partial charge in [-0.3, -0.25) is 14.4 Å². The van der Waals surface area contributed by atoms with E-state index in [1.54, 1.807) is 29.2 Å². The minimum atomic E-state index is -1.25. The van der Waals surface area contributed by atoms with Crippen molar-refractivity contribution >= 4 is 46.6 Å². The summed E-state index contributed by atoms with van der Waals surface area (Å²) in [5.74, 6) is -1.99. The fourth-order valence-electron chi connectivity index (χ4n) is 6.93. The first-order chi connectivity index (χ1) is 19.8. The molecule has 5 atom stereocenters. The summed E-state index contributed by atoms with van der Waals surface area (Å²) in [6, 6.07) is 11.4. The number of anilines is 1. The van der Waals surface area contributed by atoms with E-state index in [1.165, 1.54) is 0 Å². The number of likely N-dealkylation sites (tertiary alicyclic amines) is 1. The van der Waals surface area contributed by atoms with Gasteiger partial charge in [0.1, 0.15) is 17.4 Å². The Bertz CT molecular complexity index is 1370. The van der Waals surface area contributed by atoms with Gasteiger partial charge in [-0.05, 0) is 44.0 Å². The number of ether oxygens (including phenoxy) is 2. The molecule has 1 saturated carbocycles. The topological polar surface area (TPSA) is 97.0 Å². The quantitative estimate of drug-likeness (QED) is 0.411. The molecule has 6 rings (SSSR count). The van der Waals surface area contributed by atoms with Crippen molar-refractivity contribution in [3.05, 3.63) is 70.2 Å². The number of para-hydroxylation sites is 1. The third kappa shape index (κ3) is 5.11. The molecule has 2 aromatic rings. The monoisotopic (exact) mass is 597 g/mol. The van der Waals surface area contributed by atoms with Gasteiger partial charge in [0, 0.05) is 27.3 Å². The number of rotatable bonds is 8. The fraction of sp³-hybridized carbons (Fsp3) is 0.452. The van der Waals surface area contributed by atoms with E-state index in [2.05, 4.69) is 10.6 Å². The van der Waals surface area contributed by atoms with Crippen LogP contribution in [0.5, 0.6) is 5.75 Å². The van der Waals surface area contributed by atoms with Crippen LogP contribution in [-0.4, -0.2) is 53.0 Å². The molecule has 1 aliphatic carbocycles. The Hall–Kier alpha value is -3.07. The van der Waals surface area contributed by atoms with Gasteiger partial charge in [0.15, 0.2) is 0 Å². The van der Waals surface area contributed by atoms with Crippen LogP contribution in [0.4, 0.5) is 5.69 Å². The van der Waals surface area contributed by atoms with Crippen molar-refractivity contribution in [3.8, 4) is 5.75 Å². The molecule has 2 aromatic carbocycles. The Labute approximate surface area is 249 Å². The van der Waals surface area contributed by atoms with E-state index in [1.807, 2.05) is 37.3 Å². The van der Waals surface area contributed by atoms with Crippen LogP contribution < -0.4 is 15.4 Å². The van der Waals surface area contributed by atoms with Crippen LogP contribution in [0.25, 0.3) is 0 Å². The molecule has 3 fully saturated rings. The third-order valence-corrected chi connectivity index (χ3v) is 9.06. The Morgan fingerprint density at radius 2 is 1.80 bits per heavy atom. The van der Waals surface area contributed by atoms with Gasteiger partial charge < -0.3 is 25.0 Å². The summed E-state index contributed by atoms with van der Waals surface area (Å²) in [5, 5.41) is 6.84. The lowest BCUT2D eigenvalue weighted by Gasteiger charge is -2.34. The Morgan fingerprint density at radius 1 is 1.07 bits per heavy atom. The molecule has 2 N–H and O–H groups in total. The van der Waals surface area contributed by atoms with E-state index in [0.717, 1.165) is 37.7 Å². The molecule has 3 aliphatic heterocycles. The van der Waals surface area contributed by atoms with Crippen LogP contribution >= 0.6 is 23.2 Å². The largest absolute Gasteiger partial charge is 0.494 e. The van der Waals surface area contributed by atoms with Crippen LogP contribution in [0.2, 0.25) is 10.0 Å². The van der Waals surface area contributed by atoms with Crippen molar-refractivity contribution in [1.82, 2.24) is 10.2 Å². The number of hydrogen-bond donors (Lipinski definition) is 2. The zero-order valence-corrected chi connectivity index (χ0v) is 24.3. The highest BCUT2D eigenvalue weighted by molar-refractivity contribution is 6.35. The molecule has 1 spiro atoms. The van der Waals surface area contributed by atoms with Gasteiger partial charge in [0.25, 0.3) is 0 Å².